The third kappa shape index (κ3) is 26.5. The molecule has 0 fully saturated rings. The van der Waals surface area contributed by atoms with Crippen LogP contribution in [0.1, 0.15) is 161 Å². The molecule has 0 saturated heterocycles. The van der Waals surface area contributed by atoms with Crippen molar-refractivity contribution in [3.8, 4) is 17.8 Å². The van der Waals surface area contributed by atoms with Gasteiger partial charge in [-0.25, -0.2) is 22.2 Å². The summed E-state index contributed by atoms with van der Waals surface area (Å²) < 4.78 is 80.9. The number of aryl methyl sites for hydroxylation is 1. The van der Waals surface area contributed by atoms with Gasteiger partial charge in [-0.3, -0.25) is 49.0 Å². The first-order chi connectivity index (χ1) is 46.2. The number of nitrogen functional groups attached to an aromatic ring is 1. The van der Waals surface area contributed by atoms with Gasteiger partial charge < -0.3 is 21.7 Å². The first-order valence-electron chi connectivity index (χ1n) is 29.5. The van der Waals surface area contributed by atoms with Crippen molar-refractivity contribution in [2.75, 3.05) is 5.73 Å². The number of nitriles is 2. The van der Waals surface area contributed by atoms with Crippen molar-refractivity contribution < 1.29 is 75.2 Å². The number of hydrogen-bond donors (Lipinski definition) is 4. The van der Waals surface area contributed by atoms with Crippen molar-refractivity contribution in [1.29, 1.82) is 10.5 Å². The minimum atomic E-state index is -1.11. The van der Waals surface area contributed by atoms with E-state index in [2.05, 4.69) is 5.10 Å². The second-order valence-corrected chi connectivity index (χ2v) is 23.5. The van der Waals surface area contributed by atoms with Crippen LogP contribution in [0.4, 0.5) is 43.4 Å². The minimum absolute atomic E-state index is 0.00417. The summed E-state index contributed by atoms with van der Waals surface area (Å²) in [5.74, 6) is -9.00. The molecule has 0 bridgehead atoms. The summed E-state index contributed by atoms with van der Waals surface area (Å²) in [5, 5.41) is 60.0. The molecule has 0 spiro atoms. The highest BCUT2D eigenvalue weighted by Gasteiger charge is 2.22. The minimum Gasteiger partial charge on any atom is -0.481 e. The van der Waals surface area contributed by atoms with Gasteiger partial charge in [-0.15, -0.1) is 0 Å². The van der Waals surface area contributed by atoms with Gasteiger partial charge in [0, 0.05) is 50.9 Å². The molecule has 0 aliphatic heterocycles. The molecule has 1 heterocycles. The fourth-order valence-electron chi connectivity index (χ4n) is 8.01. The first kappa shape index (κ1) is 84.6. The van der Waals surface area contributed by atoms with Crippen LogP contribution in [0.15, 0.2) is 140 Å². The predicted octanol–water partition coefficient (Wildman–Crippen LogP) is 16.1. The number of halogens is 8. The summed E-state index contributed by atoms with van der Waals surface area (Å²) in [4.78, 5) is 84.2. The maximum atomic E-state index is 13.2. The molecule has 20 nitrogen and oxygen atoms in total. The van der Waals surface area contributed by atoms with Crippen LogP contribution >= 0.6 is 34.2 Å². The number of ketones is 4. The molecule has 0 aliphatic rings. The molecule has 522 valence electrons. The number of carbonyl (C=O) groups excluding carboxylic acids is 4. The van der Waals surface area contributed by atoms with Crippen molar-refractivity contribution in [2.45, 2.75) is 118 Å². The van der Waals surface area contributed by atoms with Gasteiger partial charge in [0.15, 0.2) is 0 Å². The lowest BCUT2D eigenvalue weighted by molar-refractivity contribution is -0.387. The molecule has 8 aromatic rings. The van der Waals surface area contributed by atoms with E-state index in [9.17, 15) is 75.3 Å². The Labute approximate surface area is 585 Å². The average Bonchev–Trinajstić information content (AvgIpc) is 1.78. The van der Waals surface area contributed by atoms with Crippen LogP contribution in [0.5, 0.6) is 0 Å². The Hall–Kier alpha value is -10.5. The maximum Gasteiger partial charge on any atom is 0.310 e. The fraction of sp³-hybridized carbons (Fsp3) is 0.254. The van der Waals surface area contributed by atoms with Crippen molar-refractivity contribution in [2.24, 2.45) is 5.73 Å². The number of rotatable bonds is 16. The number of benzene rings is 7. The fourth-order valence-corrected chi connectivity index (χ4v) is 8.53. The molecule has 6 unspecified atom stereocenters. The Morgan fingerprint density at radius 1 is 0.525 bits per heavy atom. The lowest BCUT2D eigenvalue weighted by atomic mass is 9.96. The summed E-state index contributed by atoms with van der Waals surface area (Å²) in [7, 11) is 0. The van der Waals surface area contributed by atoms with Crippen LogP contribution in [0.2, 0.25) is 5.02 Å². The highest BCUT2D eigenvalue weighted by Crippen LogP contribution is 2.27. The molecule has 99 heavy (non-hydrogen) atoms. The standard InChI is InChI=1S/C11H12ClN3.C11H10FNO.C10H10FIO.C10H10FNO3.C10H8FNO2.C10H12FNO.C9H8FNO4/c1-8-5-11(7-13)15(14-8)10-4-2-3-9(12)6-10;1-7(8(2)14)9-3-4-10(6-13)11(12)5-9;1-6(7(2)13)8-3-4-10(12)9(11)5-8;1-6(7(2)13)8-3-4-10(12(14)15)9(11)5-8;1-6(10(13)14)7-2-3-8(5-12)9(11)4-7;1-6(7(2)13)8-3-4-10(12)9(11)5-8;1-5(9(12)13)6-2-3-8(11(14)15)7(10)4-6/h2-6H,7,13H2,1H3;3-5,7H,1-2H3;3-6H,1-2H3;3-6H,1-2H3;2-4,6H,1H3,(H,13,14);3-6H,12H2,1-2H3;2-5H,1H3,(H,12,13). The molecular formula is C71H70ClF6IN8O12. The van der Waals surface area contributed by atoms with E-state index >= 15 is 0 Å². The summed E-state index contributed by atoms with van der Waals surface area (Å²) >= 11 is 7.85. The number of carboxylic acids is 2. The van der Waals surface area contributed by atoms with Crippen LogP contribution in [-0.2, 0) is 35.3 Å². The normalized spacial score (nSPS) is 11.9. The van der Waals surface area contributed by atoms with Gasteiger partial charge in [-0.1, -0.05) is 81.8 Å². The van der Waals surface area contributed by atoms with Gasteiger partial charge in [0.1, 0.15) is 58.5 Å². The highest BCUT2D eigenvalue weighted by atomic mass is 127. The lowest BCUT2D eigenvalue weighted by Crippen LogP contribution is -2.08. The Balaban J connectivity index is 0.000000393. The number of carboxylic acid groups (broad SMARTS) is 2. The smallest absolute Gasteiger partial charge is 0.310 e. The van der Waals surface area contributed by atoms with Crippen molar-refractivity contribution in [1.82, 2.24) is 9.78 Å². The molecule has 0 amide bonds. The van der Waals surface area contributed by atoms with Crippen LogP contribution in [0, 0.1) is 88.3 Å². The Kier molecular flexibility index (Phi) is 34.4. The SMILES string of the molecule is CC(=O)C(C)c1ccc(C#N)c(F)c1.CC(=O)C(C)c1ccc(I)c(F)c1.CC(=O)C(C)c1ccc(N)c(F)c1.CC(=O)C(C)c1ccc([N+](=O)[O-])c(F)c1.CC(C(=O)O)c1ccc(C#N)c(F)c1.CC(C(=O)O)c1ccc([N+](=O)[O-])c(F)c1.Cc1cc(CN)n(-c2cccc(Cl)c2)n1. The van der Waals surface area contributed by atoms with E-state index < -0.39 is 80.0 Å². The number of nitrogens with zero attached hydrogens (tertiary/aromatic N) is 6. The molecule has 0 aliphatic carbocycles. The van der Waals surface area contributed by atoms with E-state index in [-0.39, 0.29) is 69.1 Å². The second kappa shape index (κ2) is 40.3. The Bertz CT molecular complexity index is 4110. The van der Waals surface area contributed by atoms with Gasteiger partial charge in [-0.2, -0.15) is 24.4 Å². The van der Waals surface area contributed by atoms with Crippen LogP contribution < -0.4 is 11.5 Å². The summed E-state index contributed by atoms with van der Waals surface area (Å²) in [6.45, 7) is 18.0. The molecule has 1 aromatic heterocycles. The molecule has 0 saturated carbocycles. The zero-order chi connectivity index (χ0) is 75.5. The molecule has 0 radical (unpaired) electrons. The van der Waals surface area contributed by atoms with E-state index in [4.69, 9.17) is 43.8 Å². The monoisotopic (exact) mass is 1500 g/mol. The molecule has 6 N–H and O–H groups in total. The van der Waals surface area contributed by atoms with Gasteiger partial charge >= 0.3 is 23.3 Å². The number of nitro groups is 2. The summed E-state index contributed by atoms with van der Waals surface area (Å²) in [6.07, 6.45) is 0. The molecule has 7 aromatic carbocycles. The van der Waals surface area contributed by atoms with E-state index in [0.717, 1.165) is 53.0 Å². The number of aromatic nitrogens is 2. The van der Waals surface area contributed by atoms with Crippen molar-refractivity contribution in [3.05, 3.63) is 259 Å². The van der Waals surface area contributed by atoms with Gasteiger partial charge in [-0.05, 0) is 189 Å². The average molecular weight is 1500 g/mol. The third-order valence-electron chi connectivity index (χ3n) is 14.9. The number of nitro benzene ring substituents is 2. The largest absolute Gasteiger partial charge is 0.481 e. The van der Waals surface area contributed by atoms with Crippen LogP contribution in [0.25, 0.3) is 5.69 Å². The predicted molar refractivity (Wildman–Crippen MR) is 368 cm³/mol. The van der Waals surface area contributed by atoms with Crippen molar-refractivity contribution >= 4 is 86.3 Å². The Morgan fingerprint density at radius 3 is 1.16 bits per heavy atom. The number of anilines is 1. The highest BCUT2D eigenvalue weighted by molar-refractivity contribution is 14.1. The number of carbonyl (C=O) groups is 6. The van der Waals surface area contributed by atoms with Gasteiger partial charge in [0.2, 0.25) is 11.6 Å². The number of Topliss-reactive ketones (excluding diaryl/α,β-unsaturated/α-hetero) is 4. The quantitative estimate of drug-likeness (QED) is 0.0229. The van der Waals surface area contributed by atoms with E-state index in [1.165, 1.54) is 96.1 Å². The van der Waals surface area contributed by atoms with Crippen LogP contribution in [-0.4, -0.2) is 64.9 Å². The lowest BCUT2D eigenvalue weighted by Gasteiger charge is -2.08. The molecule has 6 atom stereocenters. The van der Waals surface area contributed by atoms with Crippen molar-refractivity contribution in [3.63, 3.8) is 0 Å². The second-order valence-electron chi connectivity index (χ2n) is 21.9. The zero-order valence-corrected chi connectivity index (χ0v) is 58.2. The number of nitrogens with two attached hydrogens (primary N) is 2. The first-order valence-corrected chi connectivity index (χ1v) is 30.9. The summed E-state index contributed by atoms with van der Waals surface area (Å²) in [5.41, 5.74) is 15.7. The van der Waals surface area contributed by atoms with E-state index in [1.54, 1.807) is 64.1 Å². The molecule has 28 heteroatoms. The van der Waals surface area contributed by atoms with Gasteiger partial charge in [0.25, 0.3) is 0 Å². The Morgan fingerprint density at radius 2 is 0.859 bits per heavy atom. The van der Waals surface area contributed by atoms with E-state index in [0.29, 0.717) is 37.4 Å². The topological polar surface area (TPSA) is 347 Å². The third-order valence-corrected chi connectivity index (χ3v) is 16.0. The maximum absolute atomic E-state index is 13.2. The van der Waals surface area contributed by atoms with Gasteiger partial charge in [0.05, 0.1) is 55.6 Å². The number of hydrogen-bond acceptors (Lipinski definition) is 15. The van der Waals surface area contributed by atoms with E-state index in [1.807, 2.05) is 64.5 Å². The molecule has 8 rings (SSSR count). The molecular weight excluding hydrogens is 1430 g/mol. The number of aliphatic carboxylic acids is 2. The zero-order valence-electron chi connectivity index (χ0n) is 55.3. The summed E-state index contributed by atoms with van der Waals surface area (Å²) in [6, 6.07) is 36.9. The van der Waals surface area contributed by atoms with Crippen LogP contribution in [0.3, 0.4) is 0 Å².